The van der Waals surface area contributed by atoms with Crippen molar-refractivity contribution in [3.63, 3.8) is 0 Å². The summed E-state index contributed by atoms with van der Waals surface area (Å²) < 4.78 is 5.68. The van der Waals surface area contributed by atoms with Gasteiger partial charge in [-0.15, -0.1) is 11.3 Å². The molecule has 0 saturated heterocycles. The summed E-state index contributed by atoms with van der Waals surface area (Å²) in [5.74, 6) is 0.288. The van der Waals surface area contributed by atoms with Gasteiger partial charge in [-0.3, -0.25) is 9.59 Å². The van der Waals surface area contributed by atoms with Gasteiger partial charge < -0.3 is 20.7 Å². The minimum atomic E-state index is -0.454. The Hall–Kier alpha value is -2.38. The van der Waals surface area contributed by atoms with Crippen molar-refractivity contribution in [1.82, 2.24) is 4.90 Å². The molecule has 0 radical (unpaired) electrons. The molecule has 0 bridgehead atoms. The number of benzene rings is 1. The average Bonchev–Trinajstić information content (AvgIpc) is 3.05. The Bertz CT molecular complexity index is 820. The van der Waals surface area contributed by atoms with E-state index in [4.69, 9.17) is 10.5 Å². The smallest absolute Gasteiger partial charge is 0.251 e. The summed E-state index contributed by atoms with van der Waals surface area (Å²) in [4.78, 5) is 27.5. The molecule has 7 heteroatoms. The molecular weight excluding hydrogens is 374 g/mol. The Balaban J connectivity index is 1.46. The quantitative estimate of drug-likeness (QED) is 0.676. The molecule has 0 unspecified atom stereocenters. The molecule has 3 rings (SSSR count). The largest absolute Gasteiger partial charge is 0.492 e. The number of rotatable bonds is 9. The third kappa shape index (κ3) is 5.33. The molecule has 0 atom stereocenters. The molecule has 0 fully saturated rings. The molecule has 0 aliphatic heterocycles. The molecule has 1 aliphatic rings. The number of likely N-dealkylation sites (N-methyl/N-ethyl adjacent to an activating group) is 1. The highest BCUT2D eigenvalue weighted by Crippen LogP contribution is 2.37. The van der Waals surface area contributed by atoms with Crippen LogP contribution in [0.1, 0.15) is 40.1 Å². The van der Waals surface area contributed by atoms with Gasteiger partial charge in [0.2, 0.25) is 5.91 Å². The molecule has 1 aliphatic carbocycles. The molecule has 2 amide bonds. The Labute approximate surface area is 169 Å². The zero-order valence-electron chi connectivity index (χ0n) is 16.2. The Morgan fingerprint density at radius 2 is 1.93 bits per heavy atom. The van der Waals surface area contributed by atoms with E-state index in [9.17, 15) is 9.59 Å². The van der Waals surface area contributed by atoms with Crippen molar-refractivity contribution in [3.8, 4) is 5.75 Å². The number of aryl methyl sites for hydroxylation is 1. The standard InChI is InChI=1S/C21H27N3O3S/c1-24(13-14-27-15-7-3-2-4-8-15)12-11-18(25)23-21-19(20(22)26)16-9-5-6-10-17(16)28-21/h2-4,7-8H,5-6,9-14H2,1H3,(H2,22,26)(H,23,25). The molecular formula is C21H27N3O3S. The number of hydrogen-bond acceptors (Lipinski definition) is 5. The van der Waals surface area contributed by atoms with Crippen molar-refractivity contribution in [2.24, 2.45) is 5.73 Å². The molecule has 6 nitrogen and oxygen atoms in total. The van der Waals surface area contributed by atoms with Crippen molar-refractivity contribution in [3.05, 3.63) is 46.3 Å². The Morgan fingerprint density at radius 3 is 2.68 bits per heavy atom. The summed E-state index contributed by atoms with van der Waals surface area (Å²) in [5, 5.41) is 3.52. The number of carbonyl (C=O) groups is 2. The number of hydrogen-bond donors (Lipinski definition) is 2. The van der Waals surface area contributed by atoms with Crippen LogP contribution in [-0.4, -0.2) is 43.5 Å². The zero-order valence-corrected chi connectivity index (χ0v) is 17.0. The van der Waals surface area contributed by atoms with E-state index in [1.54, 1.807) is 0 Å². The van der Waals surface area contributed by atoms with E-state index in [0.717, 1.165) is 43.5 Å². The lowest BCUT2D eigenvalue weighted by Gasteiger charge is -2.16. The maximum atomic E-state index is 12.4. The van der Waals surface area contributed by atoms with Crippen molar-refractivity contribution < 1.29 is 14.3 Å². The second kappa shape index (κ2) is 9.71. The number of nitrogens with one attached hydrogen (secondary N) is 1. The van der Waals surface area contributed by atoms with Crippen LogP contribution in [0.3, 0.4) is 0 Å². The molecule has 0 spiro atoms. The summed E-state index contributed by atoms with van der Waals surface area (Å²) in [6, 6.07) is 9.67. The first-order chi connectivity index (χ1) is 13.5. The van der Waals surface area contributed by atoms with Crippen molar-refractivity contribution in [1.29, 1.82) is 0 Å². The molecule has 150 valence electrons. The number of ether oxygens (including phenoxy) is 1. The number of anilines is 1. The fourth-order valence-corrected chi connectivity index (χ4v) is 4.65. The number of primary amides is 1. The van der Waals surface area contributed by atoms with Gasteiger partial charge >= 0.3 is 0 Å². The topological polar surface area (TPSA) is 84.7 Å². The number of nitrogens with two attached hydrogens (primary N) is 1. The van der Waals surface area contributed by atoms with Gasteiger partial charge in [-0.1, -0.05) is 18.2 Å². The molecule has 2 aromatic rings. The average molecular weight is 402 g/mol. The highest BCUT2D eigenvalue weighted by Gasteiger charge is 2.24. The van der Waals surface area contributed by atoms with Crippen LogP contribution in [0, 0.1) is 0 Å². The first-order valence-corrected chi connectivity index (χ1v) is 10.5. The molecule has 1 aromatic carbocycles. The first kappa shape index (κ1) is 20.4. The lowest BCUT2D eigenvalue weighted by Crippen LogP contribution is -2.28. The highest BCUT2D eigenvalue weighted by molar-refractivity contribution is 7.17. The minimum Gasteiger partial charge on any atom is -0.492 e. The third-order valence-corrected chi connectivity index (χ3v) is 6.08. The van der Waals surface area contributed by atoms with Crippen LogP contribution in [0.2, 0.25) is 0 Å². The van der Waals surface area contributed by atoms with E-state index in [1.807, 2.05) is 37.4 Å². The van der Waals surface area contributed by atoms with Gasteiger partial charge in [-0.05, 0) is 50.4 Å². The number of carbonyl (C=O) groups excluding carboxylic acids is 2. The second-order valence-corrected chi connectivity index (χ2v) is 8.15. The lowest BCUT2D eigenvalue weighted by atomic mass is 9.95. The number of nitrogens with zero attached hydrogens (tertiary/aromatic N) is 1. The van der Waals surface area contributed by atoms with Crippen molar-refractivity contribution in [2.45, 2.75) is 32.1 Å². The Morgan fingerprint density at radius 1 is 1.18 bits per heavy atom. The van der Waals surface area contributed by atoms with Gasteiger partial charge in [0.15, 0.2) is 0 Å². The Kier molecular flexibility index (Phi) is 7.06. The van der Waals surface area contributed by atoms with Gasteiger partial charge in [0.1, 0.15) is 17.4 Å². The number of para-hydroxylation sites is 1. The predicted molar refractivity (Wildman–Crippen MR) is 112 cm³/mol. The minimum absolute atomic E-state index is 0.100. The van der Waals surface area contributed by atoms with Gasteiger partial charge in [0.05, 0.1) is 5.56 Å². The lowest BCUT2D eigenvalue weighted by molar-refractivity contribution is -0.116. The highest BCUT2D eigenvalue weighted by atomic mass is 32.1. The predicted octanol–water partition coefficient (Wildman–Crippen LogP) is 3.07. The van der Waals surface area contributed by atoms with E-state index < -0.39 is 5.91 Å². The van der Waals surface area contributed by atoms with Gasteiger partial charge in [-0.25, -0.2) is 0 Å². The maximum absolute atomic E-state index is 12.4. The third-order valence-electron chi connectivity index (χ3n) is 4.88. The van der Waals surface area contributed by atoms with Crippen LogP contribution in [0.5, 0.6) is 5.75 Å². The first-order valence-electron chi connectivity index (χ1n) is 9.65. The molecule has 3 N–H and O–H groups in total. The molecule has 1 aromatic heterocycles. The van der Waals surface area contributed by atoms with Gasteiger partial charge in [0.25, 0.3) is 5.91 Å². The summed E-state index contributed by atoms with van der Waals surface area (Å²) in [6.45, 7) is 1.90. The van der Waals surface area contributed by atoms with Gasteiger partial charge in [-0.2, -0.15) is 0 Å². The zero-order chi connectivity index (χ0) is 19.9. The van der Waals surface area contributed by atoms with E-state index >= 15 is 0 Å². The monoisotopic (exact) mass is 401 g/mol. The fourth-order valence-electron chi connectivity index (χ4n) is 3.34. The van der Waals surface area contributed by atoms with Crippen LogP contribution >= 0.6 is 11.3 Å². The summed E-state index contributed by atoms with van der Waals surface area (Å²) in [7, 11) is 1.96. The van der Waals surface area contributed by atoms with Crippen molar-refractivity contribution in [2.75, 3.05) is 32.1 Å². The van der Waals surface area contributed by atoms with E-state index in [2.05, 4.69) is 10.2 Å². The van der Waals surface area contributed by atoms with Crippen LogP contribution in [0.4, 0.5) is 5.00 Å². The van der Waals surface area contributed by atoms with Crippen molar-refractivity contribution >= 4 is 28.2 Å². The molecule has 0 saturated carbocycles. The van der Waals surface area contributed by atoms with E-state index in [-0.39, 0.29) is 5.91 Å². The van der Waals surface area contributed by atoms with Gasteiger partial charge in [0, 0.05) is 24.4 Å². The van der Waals surface area contributed by atoms with Crippen LogP contribution < -0.4 is 15.8 Å². The normalized spacial score (nSPS) is 13.2. The fraction of sp³-hybridized carbons (Fsp3) is 0.429. The van der Waals surface area contributed by atoms with E-state index in [0.29, 0.717) is 30.1 Å². The van der Waals surface area contributed by atoms with Crippen LogP contribution in [0.25, 0.3) is 0 Å². The molecule has 28 heavy (non-hydrogen) atoms. The molecule has 1 heterocycles. The number of thiophene rings is 1. The summed E-state index contributed by atoms with van der Waals surface area (Å²) >= 11 is 1.50. The van der Waals surface area contributed by atoms with E-state index in [1.165, 1.54) is 16.2 Å². The van der Waals surface area contributed by atoms with Crippen LogP contribution in [-0.2, 0) is 17.6 Å². The SMILES string of the molecule is CN(CCOc1ccccc1)CCC(=O)Nc1sc2c(c1C(N)=O)CCCC2. The second-order valence-electron chi connectivity index (χ2n) is 7.04. The number of amides is 2. The number of fused-ring (bicyclic) bond motifs is 1. The summed E-state index contributed by atoms with van der Waals surface area (Å²) in [6.07, 6.45) is 4.36. The summed E-state index contributed by atoms with van der Waals surface area (Å²) in [5.41, 5.74) is 7.13. The maximum Gasteiger partial charge on any atom is 0.251 e. The van der Waals surface area contributed by atoms with Crippen LogP contribution in [0.15, 0.2) is 30.3 Å².